The maximum absolute atomic E-state index is 9.12. The van der Waals surface area contributed by atoms with E-state index >= 15 is 0 Å². The molecule has 1 fully saturated rings. The van der Waals surface area contributed by atoms with Crippen molar-refractivity contribution in [2.45, 2.75) is 44.1 Å². The molecule has 1 aliphatic heterocycles. The van der Waals surface area contributed by atoms with Crippen LogP contribution in [0.1, 0.15) is 38.7 Å². The first-order valence-electron chi connectivity index (χ1n) is 6.14. The lowest BCUT2D eigenvalue weighted by molar-refractivity contribution is -0.0816. The summed E-state index contributed by atoms with van der Waals surface area (Å²) >= 11 is 0. The highest BCUT2D eigenvalue weighted by Gasteiger charge is 2.41. The van der Waals surface area contributed by atoms with Gasteiger partial charge in [0.15, 0.2) is 0 Å². The molecule has 1 atom stereocenters. The third-order valence-electron chi connectivity index (χ3n) is 3.64. The van der Waals surface area contributed by atoms with Gasteiger partial charge in [-0.1, -0.05) is 30.3 Å². The standard InChI is InChI=1S/C15H19NO/c1-14(2)12-15(8-10-16,9-11-17-14)13-6-4-3-5-7-13/h3-7H,8-9,11-12H2,1-2H3/t15-/m0/s1. The molecule has 0 unspecified atom stereocenters. The van der Waals surface area contributed by atoms with Crippen molar-refractivity contribution < 1.29 is 4.74 Å². The van der Waals surface area contributed by atoms with Crippen molar-refractivity contribution in [2.24, 2.45) is 0 Å². The van der Waals surface area contributed by atoms with Gasteiger partial charge in [-0.15, -0.1) is 0 Å². The molecule has 17 heavy (non-hydrogen) atoms. The van der Waals surface area contributed by atoms with E-state index in [2.05, 4.69) is 44.2 Å². The molecule has 2 rings (SSSR count). The van der Waals surface area contributed by atoms with E-state index in [0.717, 1.165) is 19.4 Å². The molecule has 1 aromatic carbocycles. The predicted molar refractivity (Wildman–Crippen MR) is 67.6 cm³/mol. The third kappa shape index (κ3) is 2.50. The van der Waals surface area contributed by atoms with Crippen LogP contribution in [0.5, 0.6) is 0 Å². The van der Waals surface area contributed by atoms with Crippen LogP contribution in [0, 0.1) is 11.3 Å². The second-order valence-electron chi connectivity index (χ2n) is 5.52. The monoisotopic (exact) mass is 229 g/mol. The van der Waals surface area contributed by atoms with E-state index in [1.165, 1.54) is 5.56 Å². The summed E-state index contributed by atoms with van der Waals surface area (Å²) in [6.07, 6.45) is 2.43. The van der Waals surface area contributed by atoms with Gasteiger partial charge < -0.3 is 4.74 Å². The van der Waals surface area contributed by atoms with Gasteiger partial charge in [0.25, 0.3) is 0 Å². The number of ether oxygens (including phenoxy) is 1. The Bertz CT molecular complexity index is 418. The molecular weight excluding hydrogens is 210 g/mol. The normalized spacial score (nSPS) is 27.4. The molecular formula is C15H19NO. The first-order valence-corrected chi connectivity index (χ1v) is 6.14. The fraction of sp³-hybridized carbons (Fsp3) is 0.533. The Morgan fingerprint density at radius 2 is 2.00 bits per heavy atom. The number of hydrogen-bond acceptors (Lipinski definition) is 2. The second-order valence-corrected chi connectivity index (χ2v) is 5.52. The lowest BCUT2D eigenvalue weighted by Crippen LogP contribution is -2.43. The van der Waals surface area contributed by atoms with Crippen LogP contribution in [0.25, 0.3) is 0 Å². The Kier molecular flexibility index (Phi) is 3.22. The molecule has 1 heterocycles. The van der Waals surface area contributed by atoms with E-state index in [1.54, 1.807) is 0 Å². The van der Waals surface area contributed by atoms with Gasteiger partial charge in [0.05, 0.1) is 11.7 Å². The molecule has 0 spiro atoms. The van der Waals surface area contributed by atoms with Crippen LogP contribution in [0.2, 0.25) is 0 Å². The molecule has 0 aromatic heterocycles. The van der Waals surface area contributed by atoms with Crippen LogP contribution in [-0.4, -0.2) is 12.2 Å². The zero-order valence-corrected chi connectivity index (χ0v) is 10.6. The SMILES string of the molecule is CC1(C)C[C@@](CC#N)(c2ccccc2)CCO1. The van der Waals surface area contributed by atoms with Crippen LogP contribution < -0.4 is 0 Å². The molecule has 2 heteroatoms. The van der Waals surface area contributed by atoms with Crippen molar-refractivity contribution in [3.05, 3.63) is 35.9 Å². The fourth-order valence-corrected chi connectivity index (χ4v) is 2.92. The molecule has 1 saturated heterocycles. The van der Waals surface area contributed by atoms with Crippen molar-refractivity contribution in [1.82, 2.24) is 0 Å². The fourth-order valence-electron chi connectivity index (χ4n) is 2.92. The number of hydrogen-bond donors (Lipinski definition) is 0. The third-order valence-corrected chi connectivity index (χ3v) is 3.64. The van der Waals surface area contributed by atoms with Crippen LogP contribution in [0.4, 0.5) is 0 Å². The number of benzene rings is 1. The van der Waals surface area contributed by atoms with Gasteiger partial charge in [0.2, 0.25) is 0 Å². The van der Waals surface area contributed by atoms with E-state index < -0.39 is 0 Å². The average molecular weight is 229 g/mol. The first kappa shape index (κ1) is 12.1. The van der Waals surface area contributed by atoms with Gasteiger partial charge in [0.1, 0.15) is 0 Å². The number of nitrogens with zero attached hydrogens (tertiary/aromatic N) is 1. The molecule has 0 amide bonds. The Morgan fingerprint density at radius 3 is 2.59 bits per heavy atom. The smallest absolute Gasteiger partial charge is 0.0635 e. The van der Waals surface area contributed by atoms with Gasteiger partial charge in [-0.05, 0) is 32.3 Å². The lowest BCUT2D eigenvalue weighted by atomic mass is 9.67. The summed E-state index contributed by atoms with van der Waals surface area (Å²) in [4.78, 5) is 0. The number of rotatable bonds is 2. The largest absolute Gasteiger partial charge is 0.376 e. The Balaban J connectivity index is 2.37. The topological polar surface area (TPSA) is 33.0 Å². The summed E-state index contributed by atoms with van der Waals surface area (Å²) in [6.45, 7) is 4.96. The zero-order chi connectivity index (χ0) is 12.4. The molecule has 0 saturated carbocycles. The molecule has 90 valence electrons. The van der Waals surface area contributed by atoms with Gasteiger partial charge >= 0.3 is 0 Å². The molecule has 2 nitrogen and oxygen atoms in total. The molecule has 1 aromatic rings. The van der Waals surface area contributed by atoms with Crippen LogP contribution in [0.15, 0.2) is 30.3 Å². The van der Waals surface area contributed by atoms with Crippen LogP contribution >= 0.6 is 0 Å². The van der Waals surface area contributed by atoms with Gasteiger partial charge in [-0.25, -0.2) is 0 Å². The second kappa shape index (κ2) is 4.50. The van der Waals surface area contributed by atoms with E-state index in [9.17, 15) is 0 Å². The summed E-state index contributed by atoms with van der Waals surface area (Å²) in [5.41, 5.74) is 1.11. The lowest BCUT2D eigenvalue weighted by Gasteiger charge is -2.44. The summed E-state index contributed by atoms with van der Waals surface area (Å²) in [5.74, 6) is 0. The van der Waals surface area contributed by atoms with Crippen molar-refractivity contribution in [3.63, 3.8) is 0 Å². The quantitative estimate of drug-likeness (QED) is 0.778. The summed E-state index contributed by atoms with van der Waals surface area (Å²) in [5, 5.41) is 9.12. The minimum Gasteiger partial charge on any atom is -0.376 e. The Morgan fingerprint density at radius 1 is 1.29 bits per heavy atom. The molecule has 0 N–H and O–H groups in total. The highest BCUT2D eigenvalue weighted by molar-refractivity contribution is 5.28. The van der Waals surface area contributed by atoms with Crippen LogP contribution in [0.3, 0.4) is 0 Å². The molecule has 0 aliphatic carbocycles. The minimum atomic E-state index is -0.134. The molecule has 0 bridgehead atoms. The van der Waals surface area contributed by atoms with E-state index in [-0.39, 0.29) is 11.0 Å². The maximum atomic E-state index is 9.12. The summed E-state index contributed by atoms with van der Waals surface area (Å²) in [6, 6.07) is 12.8. The van der Waals surface area contributed by atoms with Crippen LogP contribution in [-0.2, 0) is 10.2 Å². The van der Waals surface area contributed by atoms with E-state index in [1.807, 2.05) is 6.07 Å². The first-order chi connectivity index (χ1) is 8.08. The van der Waals surface area contributed by atoms with Crippen molar-refractivity contribution in [2.75, 3.05) is 6.61 Å². The van der Waals surface area contributed by atoms with E-state index in [4.69, 9.17) is 10.00 Å². The van der Waals surface area contributed by atoms with Gasteiger partial charge in [-0.3, -0.25) is 0 Å². The maximum Gasteiger partial charge on any atom is 0.0635 e. The highest BCUT2D eigenvalue weighted by Crippen LogP contribution is 2.43. The predicted octanol–water partition coefficient (Wildman–Crippen LogP) is 3.43. The number of nitriles is 1. The Hall–Kier alpha value is -1.33. The van der Waals surface area contributed by atoms with Crippen molar-refractivity contribution >= 4 is 0 Å². The zero-order valence-electron chi connectivity index (χ0n) is 10.6. The van der Waals surface area contributed by atoms with Gasteiger partial charge in [0, 0.05) is 18.4 Å². The van der Waals surface area contributed by atoms with E-state index in [0.29, 0.717) is 6.42 Å². The van der Waals surface area contributed by atoms with Gasteiger partial charge in [-0.2, -0.15) is 5.26 Å². The Labute approximate surface area is 103 Å². The minimum absolute atomic E-state index is 0.0300. The highest BCUT2D eigenvalue weighted by atomic mass is 16.5. The average Bonchev–Trinajstić information content (AvgIpc) is 2.29. The molecule has 1 aliphatic rings. The molecule has 0 radical (unpaired) electrons. The van der Waals surface area contributed by atoms with Crippen molar-refractivity contribution in [1.29, 1.82) is 5.26 Å². The summed E-state index contributed by atoms with van der Waals surface area (Å²) < 4.78 is 5.78. The summed E-state index contributed by atoms with van der Waals surface area (Å²) in [7, 11) is 0. The van der Waals surface area contributed by atoms with Crippen molar-refractivity contribution in [3.8, 4) is 6.07 Å².